The number of thiazole rings is 1. The maximum Gasteiger partial charge on any atom is 0.352 e. The first-order valence-corrected chi connectivity index (χ1v) is 18.4. The number of hydrogen-bond acceptors (Lipinski definition) is 12. The average Bonchev–Trinajstić information content (AvgIpc) is 3.78. The summed E-state index contributed by atoms with van der Waals surface area (Å²) in [6, 6.07) is 9.28. The van der Waals surface area contributed by atoms with Gasteiger partial charge in [-0.25, -0.2) is 14.2 Å². The van der Waals surface area contributed by atoms with E-state index in [4.69, 9.17) is 25.9 Å². The number of benzene rings is 1. The van der Waals surface area contributed by atoms with Gasteiger partial charge >= 0.3 is 5.97 Å². The highest BCUT2D eigenvalue weighted by molar-refractivity contribution is 8.00. The molecule has 0 spiro atoms. The van der Waals surface area contributed by atoms with E-state index >= 15 is 4.39 Å². The lowest BCUT2D eigenvalue weighted by Gasteiger charge is -2.49. The van der Waals surface area contributed by atoms with Crippen LogP contribution in [0.4, 0.5) is 9.52 Å². The Morgan fingerprint density at radius 2 is 2.04 bits per heavy atom. The van der Waals surface area contributed by atoms with Crippen molar-refractivity contribution in [3.8, 4) is 0 Å². The van der Waals surface area contributed by atoms with E-state index in [1.54, 1.807) is 12.1 Å². The van der Waals surface area contributed by atoms with Crippen molar-refractivity contribution in [3.05, 3.63) is 88.1 Å². The lowest BCUT2D eigenvalue weighted by molar-refractivity contribution is -0.663. The molecule has 7 rings (SSSR count). The van der Waals surface area contributed by atoms with Crippen LogP contribution in [0.2, 0.25) is 0 Å². The van der Waals surface area contributed by atoms with E-state index in [0.29, 0.717) is 42.8 Å². The van der Waals surface area contributed by atoms with Crippen molar-refractivity contribution in [1.82, 2.24) is 19.8 Å². The summed E-state index contributed by atoms with van der Waals surface area (Å²) >= 11 is 2.46. The van der Waals surface area contributed by atoms with Crippen molar-refractivity contribution in [2.45, 2.75) is 43.5 Å². The van der Waals surface area contributed by atoms with Gasteiger partial charge < -0.3 is 40.9 Å². The predicted octanol–water partition coefficient (Wildman–Crippen LogP) is 1.76. The number of thioether (sulfide) groups is 1. The molecule has 2 atom stereocenters. The van der Waals surface area contributed by atoms with Gasteiger partial charge in [0.25, 0.3) is 11.8 Å². The number of ether oxygens (including phenoxy) is 1. The van der Waals surface area contributed by atoms with Crippen LogP contribution in [0.15, 0.2) is 75.8 Å². The Hall–Kier alpha value is -5.53. The number of rotatable bonds is 12. The largest absolute Gasteiger partial charge is 0.477 e. The zero-order valence-electron chi connectivity index (χ0n) is 28.3. The average molecular weight is 765 g/mol. The van der Waals surface area contributed by atoms with Gasteiger partial charge in [0.15, 0.2) is 29.4 Å². The number of aliphatic carboxylic acids is 1. The number of nitrogens with one attached hydrogen (secondary N) is 1. The minimum atomic E-state index is -1.26. The molecule has 6 heterocycles. The molecule has 0 bridgehead atoms. The summed E-state index contributed by atoms with van der Waals surface area (Å²) in [7, 11) is 1.27. The molecular weight excluding hydrogens is 730 g/mol. The third-order valence-electron chi connectivity index (χ3n) is 9.03. The summed E-state index contributed by atoms with van der Waals surface area (Å²) in [5, 5.41) is 21.8. The van der Waals surface area contributed by atoms with Crippen molar-refractivity contribution < 1.29 is 42.9 Å². The van der Waals surface area contributed by atoms with Gasteiger partial charge in [-0.1, -0.05) is 22.4 Å². The van der Waals surface area contributed by atoms with Crippen LogP contribution in [0.1, 0.15) is 29.7 Å². The van der Waals surface area contributed by atoms with Crippen molar-refractivity contribution in [1.29, 1.82) is 0 Å². The number of fused-ring (bicyclic) bond motifs is 2. The summed E-state index contributed by atoms with van der Waals surface area (Å²) in [4.78, 5) is 54.7. The molecule has 4 aromatic rings. The molecule has 2 amide bonds. The van der Waals surface area contributed by atoms with E-state index in [1.807, 2.05) is 39.7 Å². The minimum absolute atomic E-state index is 0.0835. The van der Waals surface area contributed by atoms with E-state index in [2.05, 4.69) is 20.6 Å². The van der Waals surface area contributed by atoms with E-state index in [-0.39, 0.29) is 53.0 Å². The summed E-state index contributed by atoms with van der Waals surface area (Å²) in [6.45, 7) is 1.59. The number of oxime groups is 2. The van der Waals surface area contributed by atoms with Crippen LogP contribution in [-0.4, -0.2) is 92.5 Å². The number of carboxylic acids is 1. The second-order valence-electron chi connectivity index (χ2n) is 12.4. The Morgan fingerprint density at radius 3 is 2.75 bits per heavy atom. The number of anilines is 1. The topological polar surface area (TPSA) is 213 Å². The quantitative estimate of drug-likeness (QED) is 0.0537. The Kier molecular flexibility index (Phi) is 10.3. The van der Waals surface area contributed by atoms with Crippen molar-refractivity contribution in [3.63, 3.8) is 0 Å². The first kappa shape index (κ1) is 35.9. The fourth-order valence-corrected chi connectivity index (χ4v) is 8.27. The number of β-lactam (4-membered cyclic amide) rings is 1. The molecule has 6 N–H and O–H groups in total. The van der Waals surface area contributed by atoms with Crippen LogP contribution < -0.4 is 21.4 Å². The standard InChI is InChI=1S/C34H34FN9O7S2/c1-49-40-26(23-17-53-34(37)38-23)30(45)39-27-31(46)44-28(33(47)48)20(16-52-32(27)44)15-42-9-2-3-24-25(42)6-10-43(24)14-19-5-4-18(13-22(19)35)29(36)41-51-21-7-11-50-12-8-21/h2-6,9-10,13,17,21,27,32H,7-8,11-12,14-16H2,1H3,(H5-,36,37,38,39,41,45,47,48)/p+1/b40-26-/t27-,32-/m1/s1. The first-order chi connectivity index (χ1) is 25.6. The number of amidine groups is 1. The summed E-state index contributed by atoms with van der Waals surface area (Å²) in [6.07, 6.45) is 4.99. The molecule has 3 aromatic heterocycles. The molecular formula is C34H35FN9O7S2+. The van der Waals surface area contributed by atoms with Crippen molar-refractivity contribution in [2.75, 3.05) is 31.8 Å². The van der Waals surface area contributed by atoms with Crippen LogP contribution in [-0.2, 0) is 41.9 Å². The molecule has 2 saturated heterocycles. The SMILES string of the molecule is CO/N=C(\C(=O)N[C@@H]1C(=O)N2C(C(=O)O)=C(C[n+]3cccc4c3ccn4Cc3ccc(/C(N)=N/OC4CCOCC4)cc3F)CS[C@H]12)c1csc(N)n1. The van der Waals surface area contributed by atoms with Crippen molar-refractivity contribution in [2.24, 2.45) is 16.0 Å². The van der Waals surface area contributed by atoms with Gasteiger partial charge in [0.05, 0.1) is 19.8 Å². The molecule has 3 aliphatic rings. The molecule has 16 nitrogen and oxygen atoms in total. The Morgan fingerprint density at radius 1 is 1.23 bits per heavy atom. The molecule has 3 aliphatic heterocycles. The molecule has 19 heteroatoms. The Balaban J connectivity index is 1.06. The van der Waals surface area contributed by atoms with E-state index in [1.165, 1.54) is 35.2 Å². The Bertz CT molecular complexity index is 2180. The number of aromatic nitrogens is 3. The van der Waals surface area contributed by atoms with E-state index in [9.17, 15) is 19.5 Å². The van der Waals surface area contributed by atoms with Crippen LogP contribution in [0, 0.1) is 5.82 Å². The first-order valence-electron chi connectivity index (χ1n) is 16.5. The molecule has 0 saturated carbocycles. The number of amides is 2. The number of nitrogens with two attached hydrogens (primary N) is 2. The molecule has 0 unspecified atom stereocenters. The smallest absolute Gasteiger partial charge is 0.352 e. The second kappa shape index (κ2) is 15.2. The molecule has 276 valence electrons. The van der Waals surface area contributed by atoms with Gasteiger partial charge in [0, 0.05) is 59.0 Å². The van der Waals surface area contributed by atoms with Gasteiger partial charge in [-0.3, -0.25) is 14.5 Å². The highest BCUT2D eigenvalue weighted by Crippen LogP contribution is 2.40. The summed E-state index contributed by atoms with van der Waals surface area (Å²) < 4.78 is 24.4. The fraction of sp³-hybridized carbons (Fsp3) is 0.324. The number of halogens is 1. The zero-order valence-corrected chi connectivity index (χ0v) is 29.9. The number of nitrogen functional groups attached to an aromatic ring is 1. The number of carbonyl (C=O) groups is 3. The lowest BCUT2D eigenvalue weighted by Crippen LogP contribution is -2.71. The molecule has 1 aromatic carbocycles. The van der Waals surface area contributed by atoms with Crippen LogP contribution in [0.3, 0.4) is 0 Å². The second-order valence-corrected chi connectivity index (χ2v) is 14.4. The van der Waals surface area contributed by atoms with Gasteiger partial charge in [0.1, 0.15) is 47.4 Å². The summed E-state index contributed by atoms with van der Waals surface area (Å²) in [5.41, 5.74) is 14.6. The highest BCUT2D eigenvalue weighted by Gasteiger charge is 2.55. The van der Waals surface area contributed by atoms with Crippen molar-refractivity contribution >= 4 is 68.6 Å². The van der Waals surface area contributed by atoms with Gasteiger partial charge in [-0.15, -0.1) is 23.1 Å². The number of hydrogen-bond donors (Lipinski definition) is 4. The fourth-order valence-electron chi connectivity index (χ4n) is 6.39. The Labute approximate surface area is 309 Å². The van der Waals surface area contributed by atoms with Crippen LogP contribution >= 0.6 is 23.1 Å². The lowest BCUT2D eigenvalue weighted by atomic mass is 10.0. The number of pyridine rings is 1. The van der Waals surface area contributed by atoms with E-state index in [0.717, 1.165) is 22.4 Å². The zero-order chi connectivity index (χ0) is 37.2. The third kappa shape index (κ3) is 7.26. The number of carbonyl (C=O) groups excluding carboxylic acids is 2. The maximum absolute atomic E-state index is 15.3. The minimum Gasteiger partial charge on any atom is -0.477 e. The van der Waals surface area contributed by atoms with Crippen LogP contribution in [0.5, 0.6) is 0 Å². The normalized spacial score (nSPS) is 19.6. The number of nitrogens with zero attached hydrogens (tertiary/aromatic N) is 6. The van der Waals surface area contributed by atoms with E-state index < -0.39 is 35.0 Å². The predicted molar refractivity (Wildman–Crippen MR) is 193 cm³/mol. The highest BCUT2D eigenvalue weighted by atomic mass is 32.2. The van der Waals surface area contributed by atoms with Crippen LogP contribution in [0.25, 0.3) is 11.0 Å². The third-order valence-corrected chi connectivity index (χ3v) is 11.0. The summed E-state index contributed by atoms with van der Waals surface area (Å²) in [5.74, 6) is -2.61. The number of carboxylic acid groups (broad SMARTS) is 1. The monoisotopic (exact) mass is 764 g/mol. The molecule has 0 radical (unpaired) electrons. The molecule has 53 heavy (non-hydrogen) atoms. The van der Waals surface area contributed by atoms with Gasteiger partial charge in [-0.2, -0.15) is 4.57 Å². The maximum atomic E-state index is 15.3. The van der Waals surface area contributed by atoms with Gasteiger partial charge in [0.2, 0.25) is 5.52 Å². The molecule has 2 fully saturated rings. The van der Waals surface area contributed by atoms with Gasteiger partial charge in [-0.05, 0) is 12.1 Å². The molecule has 0 aliphatic carbocycles.